The number of halogens is 1. The van der Waals surface area contributed by atoms with E-state index in [0.717, 1.165) is 29.5 Å². The molecule has 0 saturated carbocycles. The Morgan fingerprint density at radius 1 is 1.14 bits per heavy atom. The summed E-state index contributed by atoms with van der Waals surface area (Å²) >= 11 is 3.49. The SMILES string of the molecule is Cc1ccc(C(O)CCN(C)Cc2cccc(Br)c2)cc1. The van der Waals surface area contributed by atoms with Crippen molar-refractivity contribution in [2.45, 2.75) is 26.0 Å². The zero-order valence-corrected chi connectivity index (χ0v) is 14.2. The highest BCUT2D eigenvalue weighted by molar-refractivity contribution is 9.10. The molecule has 2 rings (SSSR count). The number of benzene rings is 2. The molecule has 0 aliphatic rings. The number of aliphatic hydroxyl groups is 1. The van der Waals surface area contributed by atoms with Gasteiger partial charge in [-0.15, -0.1) is 0 Å². The zero-order chi connectivity index (χ0) is 15.2. The lowest BCUT2D eigenvalue weighted by Crippen LogP contribution is -2.20. The van der Waals surface area contributed by atoms with Gasteiger partial charge in [0, 0.05) is 17.6 Å². The van der Waals surface area contributed by atoms with Gasteiger partial charge < -0.3 is 10.0 Å². The van der Waals surface area contributed by atoms with Gasteiger partial charge in [-0.05, 0) is 43.7 Å². The normalized spacial score (nSPS) is 12.6. The van der Waals surface area contributed by atoms with Crippen molar-refractivity contribution in [2.75, 3.05) is 13.6 Å². The van der Waals surface area contributed by atoms with E-state index in [0.29, 0.717) is 0 Å². The van der Waals surface area contributed by atoms with Crippen molar-refractivity contribution in [3.05, 3.63) is 69.7 Å². The molecule has 0 spiro atoms. The summed E-state index contributed by atoms with van der Waals surface area (Å²) in [5, 5.41) is 10.2. The van der Waals surface area contributed by atoms with Crippen LogP contribution in [0.3, 0.4) is 0 Å². The Bertz CT molecular complexity index is 568. The maximum atomic E-state index is 10.2. The second-order valence-electron chi connectivity index (χ2n) is 5.58. The first kappa shape index (κ1) is 16.2. The largest absolute Gasteiger partial charge is 0.388 e. The third-order valence-corrected chi connectivity index (χ3v) is 4.08. The predicted molar refractivity (Wildman–Crippen MR) is 91.2 cm³/mol. The minimum absolute atomic E-state index is 0.393. The topological polar surface area (TPSA) is 23.5 Å². The van der Waals surface area contributed by atoms with Crippen LogP contribution in [0.2, 0.25) is 0 Å². The van der Waals surface area contributed by atoms with Crippen LogP contribution in [0, 0.1) is 6.92 Å². The Balaban J connectivity index is 1.83. The summed E-state index contributed by atoms with van der Waals surface area (Å²) in [4.78, 5) is 2.24. The highest BCUT2D eigenvalue weighted by atomic mass is 79.9. The van der Waals surface area contributed by atoms with E-state index in [1.165, 1.54) is 11.1 Å². The number of rotatable bonds is 6. The lowest BCUT2D eigenvalue weighted by molar-refractivity contribution is 0.147. The molecule has 0 bridgehead atoms. The molecular weight excluding hydrogens is 326 g/mol. The average molecular weight is 348 g/mol. The van der Waals surface area contributed by atoms with Gasteiger partial charge in [-0.25, -0.2) is 0 Å². The molecule has 0 saturated heterocycles. The number of aliphatic hydroxyl groups excluding tert-OH is 1. The van der Waals surface area contributed by atoms with Crippen LogP contribution < -0.4 is 0 Å². The summed E-state index contributed by atoms with van der Waals surface area (Å²) in [6, 6.07) is 16.4. The van der Waals surface area contributed by atoms with E-state index >= 15 is 0 Å². The molecule has 0 aliphatic heterocycles. The third-order valence-electron chi connectivity index (χ3n) is 3.59. The van der Waals surface area contributed by atoms with Crippen LogP contribution in [-0.4, -0.2) is 23.6 Å². The van der Waals surface area contributed by atoms with Gasteiger partial charge in [0.15, 0.2) is 0 Å². The quantitative estimate of drug-likeness (QED) is 0.841. The standard InChI is InChI=1S/C18H22BrNO/c1-14-6-8-16(9-7-14)18(21)10-11-20(2)13-15-4-3-5-17(19)12-15/h3-9,12,18,21H,10-11,13H2,1-2H3. The van der Waals surface area contributed by atoms with Gasteiger partial charge >= 0.3 is 0 Å². The molecule has 1 unspecified atom stereocenters. The molecule has 0 fully saturated rings. The summed E-state index contributed by atoms with van der Waals surface area (Å²) in [5.74, 6) is 0. The molecule has 0 radical (unpaired) electrons. The summed E-state index contributed by atoms with van der Waals surface area (Å²) in [6.45, 7) is 3.81. The number of aryl methyl sites for hydroxylation is 1. The van der Waals surface area contributed by atoms with E-state index in [4.69, 9.17) is 0 Å². The molecule has 2 aromatic carbocycles. The monoisotopic (exact) mass is 347 g/mol. The lowest BCUT2D eigenvalue weighted by atomic mass is 10.0. The molecule has 1 N–H and O–H groups in total. The molecule has 0 heterocycles. The van der Waals surface area contributed by atoms with Gasteiger partial charge in [0.1, 0.15) is 0 Å². The maximum absolute atomic E-state index is 10.2. The Kier molecular flexibility index (Phi) is 5.97. The number of nitrogens with zero attached hydrogens (tertiary/aromatic N) is 1. The summed E-state index contributed by atoms with van der Waals surface area (Å²) < 4.78 is 1.10. The first-order valence-electron chi connectivity index (χ1n) is 7.22. The van der Waals surface area contributed by atoms with Crippen molar-refractivity contribution in [3.63, 3.8) is 0 Å². The van der Waals surface area contributed by atoms with E-state index in [9.17, 15) is 5.11 Å². The predicted octanol–water partition coefficient (Wildman–Crippen LogP) is 4.31. The average Bonchev–Trinajstić information content (AvgIpc) is 2.45. The van der Waals surface area contributed by atoms with Crippen LogP contribution in [-0.2, 0) is 6.54 Å². The third kappa shape index (κ3) is 5.27. The lowest BCUT2D eigenvalue weighted by Gasteiger charge is -2.19. The molecule has 0 aliphatic carbocycles. The molecule has 0 aromatic heterocycles. The summed E-state index contributed by atoms with van der Waals surface area (Å²) in [5.41, 5.74) is 3.49. The number of hydrogen-bond acceptors (Lipinski definition) is 2. The summed E-state index contributed by atoms with van der Waals surface area (Å²) in [7, 11) is 2.09. The van der Waals surface area contributed by atoms with E-state index in [2.05, 4.69) is 53.0 Å². The van der Waals surface area contributed by atoms with Gasteiger partial charge in [-0.1, -0.05) is 57.9 Å². The van der Waals surface area contributed by atoms with Crippen molar-refractivity contribution in [1.29, 1.82) is 0 Å². The first-order valence-corrected chi connectivity index (χ1v) is 8.01. The van der Waals surface area contributed by atoms with Crippen LogP contribution in [0.5, 0.6) is 0 Å². The Morgan fingerprint density at radius 2 is 1.86 bits per heavy atom. The van der Waals surface area contributed by atoms with Crippen LogP contribution in [0.25, 0.3) is 0 Å². The van der Waals surface area contributed by atoms with Gasteiger partial charge in [0.05, 0.1) is 6.10 Å². The molecular formula is C18H22BrNO. The fourth-order valence-electron chi connectivity index (χ4n) is 2.32. The van der Waals surface area contributed by atoms with E-state index in [1.54, 1.807) is 0 Å². The van der Waals surface area contributed by atoms with E-state index < -0.39 is 6.10 Å². The van der Waals surface area contributed by atoms with Crippen molar-refractivity contribution in [2.24, 2.45) is 0 Å². The van der Waals surface area contributed by atoms with E-state index in [1.807, 2.05) is 30.3 Å². The smallest absolute Gasteiger partial charge is 0.0802 e. The molecule has 3 heteroatoms. The van der Waals surface area contributed by atoms with Crippen LogP contribution >= 0.6 is 15.9 Å². The van der Waals surface area contributed by atoms with Crippen LogP contribution in [0.1, 0.15) is 29.2 Å². The maximum Gasteiger partial charge on any atom is 0.0802 e. The zero-order valence-electron chi connectivity index (χ0n) is 12.6. The minimum atomic E-state index is -0.393. The van der Waals surface area contributed by atoms with Gasteiger partial charge in [-0.3, -0.25) is 0 Å². The van der Waals surface area contributed by atoms with E-state index in [-0.39, 0.29) is 0 Å². The number of hydrogen-bond donors (Lipinski definition) is 1. The second-order valence-corrected chi connectivity index (χ2v) is 6.50. The van der Waals surface area contributed by atoms with Gasteiger partial charge in [0.2, 0.25) is 0 Å². The highest BCUT2D eigenvalue weighted by Gasteiger charge is 2.09. The first-order chi connectivity index (χ1) is 10.0. The minimum Gasteiger partial charge on any atom is -0.388 e. The van der Waals surface area contributed by atoms with Crippen molar-refractivity contribution in [1.82, 2.24) is 4.90 Å². The van der Waals surface area contributed by atoms with Crippen molar-refractivity contribution < 1.29 is 5.11 Å². The van der Waals surface area contributed by atoms with Gasteiger partial charge in [-0.2, -0.15) is 0 Å². The van der Waals surface area contributed by atoms with Crippen molar-refractivity contribution in [3.8, 4) is 0 Å². The molecule has 2 nitrogen and oxygen atoms in total. The molecule has 2 aromatic rings. The second kappa shape index (κ2) is 7.74. The van der Waals surface area contributed by atoms with Crippen LogP contribution in [0.4, 0.5) is 0 Å². The molecule has 1 atom stereocenters. The molecule has 0 amide bonds. The molecule has 21 heavy (non-hydrogen) atoms. The summed E-state index contributed by atoms with van der Waals surface area (Å²) in [6.07, 6.45) is 0.351. The Labute approximate surface area is 135 Å². The highest BCUT2D eigenvalue weighted by Crippen LogP contribution is 2.18. The fourth-order valence-corrected chi connectivity index (χ4v) is 2.77. The van der Waals surface area contributed by atoms with Crippen molar-refractivity contribution >= 4 is 15.9 Å². The Morgan fingerprint density at radius 3 is 2.52 bits per heavy atom. The fraction of sp³-hybridized carbons (Fsp3) is 0.333. The Hall–Kier alpha value is -1.16. The molecule has 112 valence electrons. The van der Waals surface area contributed by atoms with Gasteiger partial charge in [0.25, 0.3) is 0 Å². The van der Waals surface area contributed by atoms with Crippen LogP contribution in [0.15, 0.2) is 53.0 Å².